The topological polar surface area (TPSA) is 73.4 Å². The first kappa shape index (κ1) is 17.9. The lowest BCUT2D eigenvalue weighted by Crippen LogP contribution is -2.44. The van der Waals surface area contributed by atoms with Crippen LogP contribution < -0.4 is 15.5 Å². The number of nitrogens with zero attached hydrogens (tertiary/aromatic N) is 4. The molecule has 3 rings (SSSR count). The molecule has 1 amide bonds. The summed E-state index contributed by atoms with van der Waals surface area (Å²) in [7, 11) is 2.14. The average molecular weight is 352 g/mol. The van der Waals surface area contributed by atoms with Gasteiger partial charge in [0, 0.05) is 50.2 Å². The molecule has 0 bridgehead atoms. The fraction of sp³-hybridized carbons (Fsp3) is 0.316. The number of likely N-dealkylation sites (N-methyl/N-ethyl adjacent to an activating group) is 1. The zero-order valence-corrected chi connectivity index (χ0v) is 15.0. The Bertz CT molecular complexity index is 753. The van der Waals surface area contributed by atoms with Gasteiger partial charge in [-0.3, -0.25) is 4.79 Å². The number of amides is 1. The molecule has 1 aliphatic rings. The number of rotatable bonds is 6. The number of anilines is 3. The highest BCUT2D eigenvalue weighted by atomic mass is 16.1. The Morgan fingerprint density at radius 1 is 1.19 bits per heavy atom. The number of hydrogen-bond acceptors (Lipinski definition) is 6. The maximum atomic E-state index is 12.4. The quantitative estimate of drug-likeness (QED) is 0.776. The first-order valence-electron chi connectivity index (χ1n) is 8.67. The van der Waals surface area contributed by atoms with Crippen molar-refractivity contribution >= 4 is 23.1 Å². The Kier molecular flexibility index (Phi) is 5.80. The SMILES string of the molecule is C=CCNc1cc(C(=O)Nc2ccc(N3CCN(C)CC3)cc2)ncn1. The summed E-state index contributed by atoms with van der Waals surface area (Å²) in [4.78, 5) is 25.2. The summed E-state index contributed by atoms with van der Waals surface area (Å²) in [6, 6.07) is 9.54. The normalized spacial score (nSPS) is 14.7. The van der Waals surface area contributed by atoms with Crippen molar-refractivity contribution in [2.24, 2.45) is 0 Å². The highest BCUT2D eigenvalue weighted by Gasteiger charge is 2.14. The fourth-order valence-electron chi connectivity index (χ4n) is 2.77. The van der Waals surface area contributed by atoms with E-state index in [0.717, 1.165) is 31.9 Å². The van der Waals surface area contributed by atoms with E-state index < -0.39 is 0 Å². The third-order valence-corrected chi connectivity index (χ3v) is 4.32. The van der Waals surface area contributed by atoms with Crippen molar-refractivity contribution in [3.63, 3.8) is 0 Å². The van der Waals surface area contributed by atoms with E-state index in [1.54, 1.807) is 12.1 Å². The van der Waals surface area contributed by atoms with E-state index in [0.29, 0.717) is 18.1 Å². The fourth-order valence-corrected chi connectivity index (χ4v) is 2.77. The van der Waals surface area contributed by atoms with E-state index in [-0.39, 0.29) is 5.91 Å². The number of piperazine rings is 1. The van der Waals surface area contributed by atoms with Gasteiger partial charge in [-0.15, -0.1) is 6.58 Å². The average Bonchev–Trinajstić information content (AvgIpc) is 2.68. The van der Waals surface area contributed by atoms with Crippen molar-refractivity contribution in [1.29, 1.82) is 0 Å². The number of benzene rings is 1. The van der Waals surface area contributed by atoms with Crippen molar-refractivity contribution in [3.8, 4) is 0 Å². The van der Waals surface area contributed by atoms with Gasteiger partial charge in [-0.1, -0.05) is 6.08 Å². The zero-order chi connectivity index (χ0) is 18.4. The first-order valence-corrected chi connectivity index (χ1v) is 8.67. The number of aromatic nitrogens is 2. The first-order chi connectivity index (χ1) is 12.7. The molecule has 2 aromatic rings. The molecule has 136 valence electrons. The van der Waals surface area contributed by atoms with Crippen LogP contribution in [-0.4, -0.2) is 60.5 Å². The summed E-state index contributed by atoms with van der Waals surface area (Å²) in [5, 5.41) is 5.92. The van der Waals surface area contributed by atoms with Gasteiger partial charge in [0.1, 0.15) is 17.8 Å². The number of carbonyl (C=O) groups is 1. The molecule has 2 N–H and O–H groups in total. The third-order valence-electron chi connectivity index (χ3n) is 4.32. The minimum atomic E-state index is -0.263. The van der Waals surface area contributed by atoms with Gasteiger partial charge in [0.15, 0.2) is 0 Å². The van der Waals surface area contributed by atoms with Crippen molar-refractivity contribution in [1.82, 2.24) is 14.9 Å². The van der Waals surface area contributed by atoms with E-state index in [2.05, 4.69) is 44.0 Å². The van der Waals surface area contributed by atoms with Crippen molar-refractivity contribution in [2.45, 2.75) is 0 Å². The molecule has 26 heavy (non-hydrogen) atoms. The molecule has 0 atom stereocenters. The van der Waals surface area contributed by atoms with Gasteiger partial charge in [-0.2, -0.15) is 0 Å². The monoisotopic (exact) mass is 352 g/mol. The second-order valence-corrected chi connectivity index (χ2v) is 6.25. The molecular formula is C19H24N6O. The van der Waals surface area contributed by atoms with Gasteiger partial charge >= 0.3 is 0 Å². The highest BCUT2D eigenvalue weighted by molar-refractivity contribution is 6.03. The van der Waals surface area contributed by atoms with Gasteiger partial charge in [-0.25, -0.2) is 9.97 Å². The minimum Gasteiger partial charge on any atom is -0.369 e. The number of carbonyl (C=O) groups excluding carboxylic acids is 1. The van der Waals surface area contributed by atoms with Crippen LogP contribution >= 0.6 is 0 Å². The van der Waals surface area contributed by atoms with Crippen LogP contribution in [0.3, 0.4) is 0 Å². The maximum absolute atomic E-state index is 12.4. The smallest absolute Gasteiger partial charge is 0.274 e. The van der Waals surface area contributed by atoms with Crippen molar-refractivity contribution < 1.29 is 4.79 Å². The van der Waals surface area contributed by atoms with Crippen LogP contribution in [0.1, 0.15) is 10.5 Å². The van der Waals surface area contributed by atoms with E-state index >= 15 is 0 Å². The molecule has 0 unspecified atom stereocenters. The molecule has 0 spiro atoms. The molecule has 1 aromatic carbocycles. The largest absolute Gasteiger partial charge is 0.369 e. The summed E-state index contributed by atoms with van der Waals surface area (Å²) < 4.78 is 0. The van der Waals surface area contributed by atoms with E-state index in [1.165, 1.54) is 12.0 Å². The summed E-state index contributed by atoms with van der Waals surface area (Å²) in [6.45, 7) is 8.38. The Hall–Kier alpha value is -2.93. The molecular weight excluding hydrogens is 328 g/mol. The lowest BCUT2D eigenvalue weighted by Gasteiger charge is -2.34. The van der Waals surface area contributed by atoms with Crippen molar-refractivity contribution in [3.05, 3.63) is 55.0 Å². The lowest BCUT2D eigenvalue weighted by atomic mass is 10.2. The lowest BCUT2D eigenvalue weighted by molar-refractivity contribution is 0.102. The van der Waals surface area contributed by atoms with E-state index in [1.807, 2.05) is 24.3 Å². The predicted molar refractivity (Wildman–Crippen MR) is 105 cm³/mol. The van der Waals surface area contributed by atoms with Crippen LogP contribution in [0, 0.1) is 0 Å². The highest BCUT2D eigenvalue weighted by Crippen LogP contribution is 2.19. The number of nitrogens with one attached hydrogen (secondary N) is 2. The molecule has 0 saturated carbocycles. The standard InChI is InChI=1S/C19H24N6O/c1-3-8-20-18-13-17(21-14-22-18)19(26)23-15-4-6-16(7-5-15)25-11-9-24(2)10-12-25/h3-7,13-14H,1,8-12H2,2H3,(H,23,26)(H,20,21,22). The molecule has 1 saturated heterocycles. The second-order valence-electron chi connectivity index (χ2n) is 6.25. The Labute approximate surface area is 153 Å². The zero-order valence-electron chi connectivity index (χ0n) is 15.0. The molecule has 7 nitrogen and oxygen atoms in total. The van der Waals surface area contributed by atoms with Gasteiger partial charge in [0.2, 0.25) is 0 Å². The molecule has 0 radical (unpaired) electrons. The Balaban J connectivity index is 1.61. The minimum absolute atomic E-state index is 0.263. The van der Waals surface area contributed by atoms with Crippen LogP contribution in [-0.2, 0) is 0 Å². The van der Waals surface area contributed by atoms with Crippen LogP contribution in [0.15, 0.2) is 49.3 Å². The van der Waals surface area contributed by atoms with Crippen molar-refractivity contribution in [2.75, 3.05) is 55.3 Å². The Morgan fingerprint density at radius 2 is 1.92 bits per heavy atom. The Morgan fingerprint density at radius 3 is 2.62 bits per heavy atom. The molecule has 1 fully saturated rings. The van der Waals surface area contributed by atoms with Gasteiger partial charge in [0.05, 0.1) is 0 Å². The van der Waals surface area contributed by atoms with Gasteiger partial charge < -0.3 is 20.4 Å². The van der Waals surface area contributed by atoms with Crippen LogP contribution in [0.4, 0.5) is 17.2 Å². The van der Waals surface area contributed by atoms with Crippen LogP contribution in [0.25, 0.3) is 0 Å². The summed E-state index contributed by atoms with van der Waals surface area (Å²) in [5.41, 5.74) is 2.23. The molecule has 1 aliphatic heterocycles. The van der Waals surface area contributed by atoms with E-state index in [9.17, 15) is 4.79 Å². The van der Waals surface area contributed by atoms with E-state index in [4.69, 9.17) is 0 Å². The maximum Gasteiger partial charge on any atom is 0.274 e. The number of hydrogen-bond donors (Lipinski definition) is 2. The van der Waals surface area contributed by atoms with Crippen LogP contribution in [0.5, 0.6) is 0 Å². The van der Waals surface area contributed by atoms with Crippen LogP contribution in [0.2, 0.25) is 0 Å². The predicted octanol–water partition coefficient (Wildman–Crippen LogP) is 2.08. The summed E-state index contributed by atoms with van der Waals surface area (Å²) in [6.07, 6.45) is 3.10. The summed E-state index contributed by atoms with van der Waals surface area (Å²) in [5.74, 6) is 0.330. The van der Waals surface area contributed by atoms with Gasteiger partial charge in [0.25, 0.3) is 5.91 Å². The molecule has 1 aromatic heterocycles. The third kappa shape index (κ3) is 4.58. The molecule has 2 heterocycles. The second kappa shape index (κ2) is 8.44. The molecule has 7 heteroatoms. The van der Waals surface area contributed by atoms with Gasteiger partial charge in [-0.05, 0) is 31.3 Å². The summed E-state index contributed by atoms with van der Waals surface area (Å²) >= 11 is 0. The molecule has 0 aliphatic carbocycles.